The van der Waals surface area contributed by atoms with Crippen molar-refractivity contribution in [1.82, 2.24) is 0 Å². The van der Waals surface area contributed by atoms with Crippen LogP contribution in [-0.4, -0.2) is 6.71 Å². The Morgan fingerprint density at radius 2 is 1.28 bits per heavy atom. The molecule has 0 amide bonds. The Labute approximate surface area is 327 Å². The van der Waals surface area contributed by atoms with Crippen molar-refractivity contribution in [2.24, 2.45) is 0 Å². The number of fused-ring (bicyclic) bond motifs is 7. The highest BCUT2D eigenvalue weighted by Gasteiger charge is 2.43. The van der Waals surface area contributed by atoms with Gasteiger partial charge in [-0.2, -0.15) is 0 Å². The maximum atomic E-state index is 2.70. The van der Waals surface area contributed by atoms with Crippen molar-refractivity contribution in [3.8, 4) is 22.3 Å². The fourth-order valence-electron chi connectivity index (χ4n) is 8.68. The number of hydrogen-bond donors (Lipinski definition) is 0. The normalized spacial score (nSPS) is 13.3. The Hall–Kier alpha value is -5.03. The van der Waals surface area contributed by atoms with Gasteiger partial charge in [-0.25, -0.2) is 0 Å². The molecule has 3 heterocycles. The lowest BCUT2D eigenvalue weighted by atomic mass is 9.34. The number of thiophene rings is 1. The number of unbranched alkanes of at least 4 members (excludes halogenated alkanes) is 1. The van der Waals surface area contributed by atoms with Crippen molar-refractivity contribution in [3.63, 3.8) is 0 Å². The topological polar surface area (TPSA) is 3.24 Å². The first-order chi connectivity index (χ1) is 26.4. The molecule has 2 aliphatic rings. The van der Waals surface area contributed by atoms with Crippen LogP contribution in [0.5, 0.6) is 0 Å². The first kappa shape index (κ1) is 33.5. The summed E-state index contributed by atoms with van der Waals surface area (Å²) in [5, 5.41) is 2.70. The summed E-state index contributed by atoms with van der Waals surface area (Å²) in [5.41, 5.74) is 16.0. The van der Waals surface area contributed by atoms with Gasteiger partial charge in [0.15, 0.2) is 0 Å². The second kappa shape index (κ2) is 13.1. The monoisotopic (exact) mass is 731 g/mol. The SMILES string of the molecule is CCCCc1ccc2c(sc3ccccc32)c1N1c2ccc(-c3ccccc3)cc2B2c3cc(-c4ccccc4)ccc3Sc3cc(C(C)(C)C)cc1c32. The summed E-state index contributed by atoms with van der Waals surface area (Å²) in [6, 6.07) is 55.1. The zero-order valence-corrected chi connectivity index (χ0v) is 33.0. The minimum Gasteiger partial charge on any atom is -0.310 e. The minimum absolute atomic E-state index is 0.0171. The van der Waals surface area contributed by atoms with E-state index in [0.29, 0.717) is 0 Å². The Morgan fingerprint density at radius 1 is 0.593 bits per heavy atom. The van der Waals surface area contributed by atoms with E-state index in [0.717, 1.165) is 19.3 Å². The molecule has 1 aromatic heterocycles. The molecule has 2 aliphatic heterocycles. The molecule has 0 spiro atoms. The Morgan fingerprint density at radius 3 is 2.00 bits per heavy atom. The molecule has 8 aromatic rings. The summed E-state index contributed by atoms with van der Waals surface area (Å²) in [7, 11) is 0. The van der Waals surface area contributed by atoms with Crippen LogP contribution in [0.3, 0.4) is 0 Å². The average molecular weight is 732 g/mol. The van der Waals surface area contributed by atoms with Gasteiger partial charge in [0.25, 0.3) is 0 Å². The number of anilines is 3. The highest BCUT2D eigenvalue weighted by Crippen LogP contribution is 2.50. The summed E-state index contributed by atoms with van der Waals surface area (Å²) in [6.07, 6.45) is 3.37. The zero-order valence-electron chi connectivity index (χ0n) is 31.3. The molecule has 0 bridgehead atoms. The Balaban J connectivity index is 1.32. The van der Waals surface area contributed by atoms with Crippen LogP contribution in [0.15, 0.2) is 155 Å². The number of hydrogen-bond acceptors (Lipinski definition) is 3. The van der Waals surface area contributed by atoms with Crippen LogP contribution in [0.1, 0.15) is 51.7 Å². The Bertz CT molecular complexity index is 2720. The molecule has 54 heavy (non-hydrogen) atoms. The lowest BCUT2D eigenvalue weighted by molar-refractivity contribution is 0.589. The van der Waals surface area contributed by atoms with E-state index in [9.17, 15) is 0 Å². The predicted molar refractivity (Wildman–Crippen MR) is 237 cm³/mol. The molecule has 0 atom stereocenters. The largest absolute Gasteiger partial charge is 0.310 e. The van der Waals surface area contributed by atoms with E-state index < -0.39 is 0 Å². The zero-order chi connectivity index (χ0) is 36.6. The quantitative estimate of drug-likeness (QED) is 0.157. The molecule has 1 nitrogen and oxygen atoms in total. The van der Waals surface area contributed by atoms with Crippen LogP contribution >= 0.6 is 23.1 Å². The molecule has 0 radical (unpaired) electrons. The summed E-state index contributed by atoms with van der Waals surface area (Å²) in [4.78, 5) is 5.43. The van der Waals surface area contributed by atoms with Crippen LogP contribution in [0, 0.1) is 0 Å². The molecule has 0 saturated carbocycles. The lowest BCUT2D eigenvalue weighted by Gasteiger charge is -2.42. The van der Waals surface area contributed by atoms with E-state index in [4.69, 9.17) is 0 Å². The minimum atomic E-state index is -0.0171. The molecular formula is C50H42BNS2. The van der Waals surface area contributed by atoms with Gasteiger partial charge in [0.05, 0.1) is 10.4 Å². The molecular weight excluding hydrogens is 690 g/mol. The summed E-state index contributed by atoms with van der Waals surface area (Å²) in [6.45, 7) is 9.49. The molecule has 10 rings (SSSR count). The Kier molecular flexibility index (Phi) is 8.12. The van der Waals surface area contributed by atoms with Crippen LogP contribution in [0.4, 0.5) is 17.1 Å². The van der Waals surface area contributed by atoms with Crippen LogP contribution in [0.25, 0.3) is 42.4 Å². The van der Waals surface area contributed by atoms with E-state index in [1.165, 1.54) is 96.8 Å². The summed E-state index contributed by atoms with van der Waals surface area (Å²) < 4.78 is 2.73. The van der Waals surface area contributed by atoms with Crippen molar-refractivity contribution < 1.29 is 0 Å². The highest BCUT2D eigenvalue weighted by atomic mass is 32.2. The standard InChI is InChI=1S/C50H42BNS2/c1-5-6-15-34-22-25-39-38-20-13-14-21-44(38)54-49(39)48(34)52-42-26-23-35(32-16-9-7-10-17-32)28-40(42)51-41-29-36(33-18-11-8-12-19-33)24-27-45(41)53-46-31-37(50(2,3)4)30-43(52)47(46)51/h7-14,16-31H,5-6,15H2,1-4H3. The van der Waals surface area contributed by atoms with Crippen molar-refractivity contribution in [2.45, 2.75) is 62.2 Å². The van der Waals surface area contributed by atoms with E-state index in [2.05, 4.69) is 178 Å². The van der Waals surface area contributed by atoms with Crippen LogP contribution in [-0.2, 0) is 11.8 Å². The molecule has 4 heteroatoms. The second-order valence-corrected chi connectivity index (χ2v) is 18.1. The number of nitrogens with zero attached hydrogens (tertiary/aromatic N) is 1. The van der Waals surface area contributed by atoms with Crippen molar-refractivity contribution >= 4 is 83.4 Å². The maximum Gasteiger partial charge on any atom is 0.249 e. The van der Waals surface area contributed by atoms with Crippen molar-refractivity contribution in [1.29, 1.82) is 0 Å². The van der Waals surface area contributed by atoms with Gasteiger partial charge in [0.1, 0.15) is 0 Å². The van der Waals surface area contributed by atoms with Gasteiger partial charge < -0.3 is 4.90 Å². The van der Waals surface area contributed by atoms with Crippen LogP contribution < -0.4 is 21.3 Å². The third-order valence-electron chi connectivity index (χ3n) is 11.5. The summed E-state index contributed by atoms with van der Waals surface area (Å²) in [5.74, 6) is 0. The van der Waals surface area contributed by atoms with Gasteiger partial charge in [-0.15, -0.1) is 11.3 Å². The van der Waals surface area contributed by atoms with Gasteiger partial charge in [0, 0.05) is 36.6 Å². The maximum absolute atomic E-state index is 2.70. The predicted octanol–water partition coefficient (Wildman–Crippen LogP) is 12.8. The van der Waals surface area contributed by atoms with Gasteiger partial charge in [0.2, 0.25) is 6.71 Å². The van der Waals surface area contributed by atoms with E-state index in [1.54, 1.807) is 0 Å². The average Bonchev–Trinajstić information content (AvgIpc) is 3.58. The van der Waals surface area contributed by atoms with Crippen molar-refractivity contribution in [2.75, 3.05) is 4.90 Å². The van der Waals surface area contributed by atoms with Gasteiger partial charge >= 0.3 is 0 Å². The number of rotatable bonds is 6. The number of aryl methyl sites for hydroxylation is 1. The first-order valence-electron chi connectivity index (χ1n) is 19.4. The molecule has 262 valence electrons. The second-order valence-electron chi connectivity index (χ2n) is 15.9. The van der Waals surface area contributed by atoms with Gasteiger partial charge in [-0.05, 0) is 92.9 Å². The first-order valence-corrected chi connectivity index (χ1v) is 21.0. The van der Waals surface area contributed by atoms with Gasteiger partial charge in [-0.3, -0.25) is 0 Å². The molecule has 7 aromatic carbocycles. The molecule has 0 N–H and O–H groups in total. The molecule has 0 unspecified atom stereocenters. The van der Waals surface area contributed by atoms with Crippen molar-refractivity contribution in [3.05, 3.63) is 157 Å². The third-order valence-corrected chi connectivity index (χ3v) is 13.8. The van der Waals surface area contributed by atoms with Gasteiger partial charge in [-0.1, -0.05) is 167 Å². The number of benzene rings is 7. The molecule has 0 aliphatic carbocycles. The van der Waals surface area contributed by atoms with Crippen LogP contribution in [0.2, 0.25) is 0 Å². The van der Waals surface area contributed by atoms with E-state index in [1.807, 2.05) is 23.1 Å². The third kappa shape index (κ3) is 5.45. The highest BCUT2D eigenvalue weighted by molar-refractivity contribution is 8.00. The lowest BCUT2D eigenvalue weighted by Crippen LogP contribution is -2.60. The molecule has 0 saturated heterocycles. The van der Waals surface area contributed by atoms with E-state index >= 15 is 0 Å². The molecule has 0 fully saturated rings. The fourth-order valence-corrected chi connectivity index (χ4v) is 11.1. The fraction of sp³-hybridized carbons (Fsp3) is 0.160. The smallest absolute Gasteiger partial charge is 0.249 e. The summed E-state index contributed by atoms with van der Waals surface area (Å²) >= 11 is 3.91. The van der Waals surface area contributed by atoms with E-state index in [-0.39, 0.29) is 12.1 Å².